The van der Waals surface area contributed by atoms with Crippen LogP contribution in [0.3, 0.4) is 0 Å². The highest BCUT2D eigenvalue weighted by molar-refractivity contribution is 5.66. The summed E-state index contributed by atoms with van der Waals surface area (Å²) in [5, 5.41) is 18.2. The van der Waals surface area contributed by atoms with Crippen molar-refractivity contribution in [2.24, 2.45) is 11.7 Å². The van der Waals surface area contributed by atoms with Gasteiger partial charge in [0, 0.05) is 12.5 Å². The molecule has 0 saturated heterocycles. The van der Waals surface area contributed by atoms with E-state index in [-0.39, 0.29) is 18.4 Å². The molecule has 0 aromatic rings. The molecule has 4 N–H and O–H groups in total. The summed E-state index contributed by atoms with van der Waals surface area (Å²) in [7, 11) is 0. The van der Waals surface area contributed by atoms with Crippen molar-refractivity contribution in [3.63, 3.8) is 0 Å². The molecule has 3 unspecified atom stereocenters. The molecule has 82 valence electrons. The Kier molecular flexibility index (Phi) is 4.35. The molecule has 0 spiro atoms. The van der Waals surface area contributed by atoms with E-state index in [9.17, 15) is 9.90 Å². The van der Waals surface area contributed by atoms with E-state index >= 15 is 0 Å². The summed E-state index contributed by atoms with van der Waals surface area (Å²) in [6, 6.07) is -0.112. The number of carboxylic acids is 1. The van der Waals surface area contributed by atoms with E-state index < -0.39 is 12.1 Å². The topological polar surface area (TPSA) is 83.6 Å². The van der Waals surface area contributed by atoms with E-state index in [1.165, 1.54) is 0 Å². The highest BCUT2D eigenvalue weighted by Crippen LogP contribution is 2.27. The lowest BCUT2D eigenvalue weighted by molar-refractivity contribution is -0.137. The normalized spacial score (nSPS) is 32.9. The molecular formula is C10H19NO3. The van der Waals surface area contributed by atoms with Crippen molar-refractivity contribution in [1.82, 2.24) is 0 Å². The number of aliphatic carboxylic acids is 1. The second-order valence-electron chi connectivity index (χ2n) is 4.13. The number of rotatable bonds is 4. The predicted octanol–water partition coefficient (Wildman–Crippen LogP) is 0.730. The fraction of sp³-hybridized carbons (Fsp3) is 0.900. The van der Waals surface area contributed by atoms with Gasteiger partial charge in [0.05, 0.1) is 6.10 Å². The Hall–Kier alpha value is -0.610. The van der Waals surface area contributed by atoms with Crippen LogP contribution in [0.15, 0.2) is 0 Å². The first-order chi connectivity index (χ1) is 6.61. The Morgan fingerprint density at radius 2 is 2.14 bits per heavy atom. The molecule has 0 aromatic heterocycles. The van der Waals surface area contributed by atoms with E-state index in [0.29, 0.717) is 6.42 Å². The van der Waals surface area contributed by atoms with Crippen LogP contribution in [0.4, 0.5) is 0 Å². The summed E-state index contributed by atoms with van der Waals surface area (Å²) >= 11 is 0. The van der Waals surface area contributed by atoms with Gasteiger partial charge in [0.1, 0.15) is 0 Å². The van der Waals surface area contributed by atoms with Gasteiger partial charge in [0.25, 0.3) is 0 Å². The smallest absolute Gasteiger partial charge is 0.303 e. The molecule has 4 heteroatoms. The Morgan fingerprint density at radius 1 is 1.43 bits per heavy atom. The summed E-state index contributed by atoms with van der Waals surface area (Å²) < 4.78 is 0. The Balaban J connectivity index is 2.25. The molecule has 14 heavy (non-hydrogen) atoms. The molecule has 1 aliphatic rings. The molecule has 0 amide bonds. The molecule has 1 rings (SSSR count). The highest BCUT2D eigenvalue weighted by Gasteiger charge is 2.28. The van der Waals surface area contributed by atoms with Crippen LogP contribution in [0.2, 0.25) is 0 Å². The molecule has 1 fully saturated rings. The van der Waals surface area contributed by atoms with Crippen LogP contribution < -0.4 is 5.73 Å². The molecule has 1 saturated carbocycles. The van der Waals surface area contributed by atoms with Gasteiger partial charge >= 0.3 is 5.97 Å². The number of nitrogens with two attached hydrogens (primary N) is 1. The Morgan fingerprint density at radius 3 is 2.79 bits per heavy atom. The van der Waals surface area contributed by atoms with E-state index in [1.54, 1.807) is 0 Å². The van der Waals surface area contributed by atoms with Crippen LogP contribution in [0.1, 0.15) is 38.5 Å². The molecule has 0 bridgehead atoms. The maximum atomic E-state index is 10.3. The summed E-state index contributed by atoms with van der Waals surface area (Å²) in [5.74, 6) is -0.558. The first-order valence-electron chi connectivity index (χ1n) is 5.26. The van der Waals surface area contributed by atoms with Crippen molar-refractivity contribution in [3.8, 4) is 0 Å². The minimum absolute atomic E-state index is 0.112. The SMILES string of the molecule is NC1CCCC(CCCC(=O)O)C1O. The van der Waals surface area contributed by atoms with Crippen LogP contribution in [0.5, 0.6) is 0 Å². The average Bonchev–Trinajstić information content (AvgIpc) is 2.12. The van der Waals surface area contributed by atoms with Crippen LogP contribution >= 0.6 is 0 Å². The largest absolute Gasteiger partial charge is 0.481 e. The number of hydrogen-bond acceptors (Lipinski definition) is 3. The van der Waals surface area contributed by atoms with Gasteiger partial charge in [-0.2, -0.15) is 0 Å². The van der Waals surface area contributed by atoms with Crippen molar-refractivity contribution in [2.45, 2.75) is 50.7 Å². The highest BCUT2D eigenvalue weighted by atomic mass is 16.4. The third-order valence-electron chi connectivity index (χ3n) is 3.00. The van der Waals surface area contributed by atoms with Crippen LogP contribution in [-0.2, 0) is 4.79 Å². The van der Waals surface area contributed by atoms with Crippen LogP contribution in [0.25, 0.3) is 0 Å². The number of aliphatic hydroxyl groups excluding tert-OH is 1. The lowest BCUT2D eigenvalue weighted by Crippen LogP contribution is -2.43. The zero-order valence-electron chi connectivity index (χ0n) is 8.35. The maximum absolute atomic E-state index is 10.3. The molecule has 4 nitrogen and oxygen atoms in total. The molecule has 0 aromatic carbocycles. The van der Waals surface area contributed by atoms with E-state index in [4.69, 9.17) is 10.8 Å². The summed E-state index contributed by atoms with van der Waals surface area (Å²) in [6.07, 6.45) is 4.10. The van der Waals surface area contributed by atoms with E-state index in [2.05, 4.69) is 0 Å². The van der Waals surface area contributed by atoms with Gasteiger partial charge in [-0.25, -0.2) is 0 Å². The first kappa shape index (κ1) is 11.5. The third-order valence-corrected chi connectivity index (χ3v) is 3.00. The second-order valence-corrected chi connectivity index (χ2v) is 4.13. The number of carboxylic acid groups (broad SMARTS) is 1. The number of aliphatic hydroxyl groups is 1. The monoisotopic (exact) mass is 201 g/mol. The molecule has 0 radical (unpaired) electrons. The Bertz CT molecular complexity index is 196. The van der Waals surface area contributed by atoms with E-state index in [0.717, 1.165) is 25.7 Å². The van der Waals surface area contributed by atoms with Crippen molar-refractivity contribution >= 4 is 5.97 Å². The van der Waals surface area contributed by atoms with Crippen LogP contribution in [0, 0.1) is 5.92 Å². The quantitative estimate of drug-likeness (QED) is 0.626. The van der Waals surface area contributed by atoms with Gasteiger partial charge in [0.15, 0.2) is 0 Å². The predicted molar refractivity (Wildman–Crippen MR) is 52.8 cm³/mol. The zero-order chi connectivity index (χ0) is 10.6. The van der Waals surface area contributed by atoms with Gasteiger partial charge in [0.2, 0.25) is 0 Å². The molecular weight excluding hydrogens is 182 g/mol. The zero-order valence-corrected chi connectivity index (χ0v) is 8.35. The van der Waals surface area contributed by atoms with Gasteiger partial charge in [-0.05, 0) is 31.6 Å². The standard InChI is InChI=1S/C10H19NO3/c11-8-5-1-3-7(10(8)14)4-2-6-9(12)13/h7-8,10,14H,1-6,11H2,(H,12,13). The third kappa shape index (κ3) is 3.27. The van der Waals surface area contributed by atoms with Gasteiger partial charge in [-0.15, -0.1) is 0 Å². The molecule has 3 atom stereocenters. The first-order valence-corrected chi connectivity index (χ1v) is 5.26. The fourth-order valence-electron chi connectivity index (χ4n) is 2.14. The number of hydrogen-bond donors (Lipinski definition) is 3. The minimum Gasteiger partial charge on any atom is -0.481 e. The van der Waals surface area contributed by atoms with Crippen molar-refractivity contribution < 1.29 is 15.0 Å². The Labute approximate surface area is 84.1 Å². The van der Waals surface area contributed by atoms with Crippen molar-refractivity contribution in [1.29, 1.82) is 0 Å². The summed E-state index contributed by atoms with van der Waals surface area (Å²) in [4.78, 5) is 10.3. The average molecular weight is 201 g/mol. The molecule has 0 heterocycles. The van der Waals surface area contributed by atoms with Crippen molar-refractivity contribution in [2.75, 3.05) is 0 Å². The van der Waals surface area contributed by atoms with Crippen molar-refractivity contribution in [3.05, 3.63) is 0 Å². The van der Waals surface area contributed by atoms with Gasteiger partial charge < -0.3 is 15.9 Å². The lowest BCUT2D eigenvalue weighted by atomic mass is 9.80. The summed E-state index contributed by atoms with van der Waals surface area (Å²) in [6.45, 7) is 0. The molecule has 1 aliphatic carbocycles. The number of carbonyl (C=O) groups is 1. The summed E-state index contributed by atoms with van der Waals surface area (Å²) in [5.41, 5.74) is 5.73. The van der Waals surface area contributed by atoms with Gasteiger partial charge in [-0.1, -0.05) is 6.42 Å². The molecule has 0 aliphatic heterocycles. The van der Waals surface area contributed by atoms with Gasteiger partial charge in [-0.3, -0.25) is 4.79 Å². The fourth-order valence-corrected chi connectivity index (χ4v) is 2.14. The lowest BCUT2D eigenvalue weighted by Gasteiger charge is -2.32. The second kappa shape index (κ2) is 5.32. The van der Waals surface area contributed by atoms with E-state index in [1.807, 2.05) is 0 Å². The maximum Gasteiger partial charge on any atom is 0.303 e. The van der Waals surface area contributed by atoms with Crippen LogP contribution in [-0.4, -0.2) is 28.3 Å². The minimum atomic E-state index is -0.764.